The number of methoxy groups -OCH3 is 1. The van der Waals surface area contributed by atoms with E-state index in [9.17, 15) is 9.90 Å². The van der Waals surface area contributed by atoms with Gasteiger partial charge in [-0.25, -0.2) is 14.6 Å². The van der Waals surface area contributed by atoms with Gasteiger partial charge in [-0.15, -0.1) is 0 Å². The van der Waals surface area contributed by atoms with Crippen LogP contribution in [-0.2, 0) is 24.0 Å². The van der Waals surface area contributed by atoms with Crippen molar-refractivity contribution in [2.75, 3.05) is 7.11 Å². The molecule has 0 spiro atoms. The minimum Gasteiger partial charge on any atom is -0.488 e. The molecule has 3 fully saturated rings. The van der Waals surface area contributed by atoms with E-state index in [0.717, 1.165) is 19.3 Å². The zero-order valence-electron chi connectivity index (χ0n) is 15.8. The SMILES string of the molecule is CC[C@@H]1C[C@@]2(CC)OC(=CC(=O)OC)[C@@]3(CC)OO[C@H]([C@@H](C)O)[C@@H]1[C@@H]23. The number of carbonyl (C=O) groups excluding carboxylic acids is 1. The zero-order valence-corrected chi connectivity index (χ0v) is 15.8. The summed E-state index contributed by atoms with van der Waals surface area (Å²) in [6.45, 7) is 8.04. The first kappa shape index (κ1) is 18.7. The molecule has 7 atom stereocenters. The van der Waals surface area contributed by atoms with Crippen LogP contribution in [0.1, 0.15) is 53.4 Å². The number of aliphatic hydroxyl groups is 1. The molecule has 25 heavy (non-hydrogen) atoms. The number of hydrogen-bond donors (Lipinski definition) is 1. The lowest BCUT2D eigenvalue weighted by Gasteiger charge is -2.46. The number of ether oxygens (including phenoxy) is 2. The van der Waals surface area contributed by atoms with Gasteiger partial charge in [0.1, 0.15) is 17.5 Å². The predicted molar refractivity (Wildman–Crippen MR) is 90.2 cm³/mol. The van der Waals surface area contributed by atoms with Crippen LogP contribution in [0.3, 0.4) is 0 Å². The van der Waals surface area contributed by atoms with E-state index in [1.807, 2.05) is 6.92 Å². The summed E-state index contributed by atoms with van der Waals surface area (Å²) in [4.78, 5) is 23.5. The van der Waals surface area contributed by atoms with Crippen molar-refractivity contribution >= 4 is 5.97 Å². The second kappa shape index (κ2) is 6.56. The largest absolute Gasteiger partial charge is 0.488 e. The average molecular weight is 354 g/mol. The summed E-state index contributed by atoms with van der Waals surface area (Å²) in [6, 6.07) is 0. The van der Waals surface area contributed by atoms with Crippen molar-refractivity contribution < 1.29 is 29.1 Å². The molecule has 0 amide bonds. The van der Waals surface area contributed by atoms with Crippen LogP contribution in [0.4, 0.5) is 0 Å². The normalized spacial score (nSPS) is 45.1. The van der Waals surface area contributed by atoms with E-state index in [1.165, 1.54) is 13.2 Å². The van der Waals surface area contributed by atoms with Crippen LogP contribution in [-0.4, -0.2) is 41.6 Å². The van der Waals surface area contributed by atoms with Crippen LogP contribution in [0.2, 0.25) is 0 Å². The summed E-state index contributed by atoms with van der Waals surface area (Å²) in [5.74, 6) is 0.599. The van der Waals surface area contributed by atoms with Crippen molar-refractivity contribution in [2.45, 2.75) is 76.8 Å². The summed E-state index contributed by atoms with van der Waals surface area (Å²) >= 11 is 0. The van der Waals surface area contributed by atoms with Crippen molar-refractivity contribution in [3.8, 4) is 0 Å². The Labute approximate surface area is 149 Å². The highest BCUT2D eigenvalue weighted by atomic mass is 17.2. The van der Waals surface area contributed by atoms with Gasteiger partial charge in [0.05, 0.1) is 19.3 Å². The third-order valence-electron chi connectivity index (χ3n) is 6.60. The second-order valence-corrected chi connectivity index (χ2v) is 7.61. The Kier molecular flexibility index (Phi) is 4.90. The quantitative estimate of drug-likeness (QED) is 0.465. The molecule has 2 aliphatic heterocycles. The summed E-state index contributed by atoms with van der Waals surface area (Å²) in [7, 11) is 1.35. The van der Waals surface area contributed by atoms with Gasteiger partial charge in [0.15, 0.2) is 5.60 Å². The Bertz CT molecular complexity index is 558. The first-order valence-corrected chi connectivity index (χ1v) is 9.40. The summed E-state index contributed by atoms with van der Waals surface area (Å²) in [5, 5.41) is 10.3. The lowest BCUT2D eigenvalue weighted by molar-refractivity contribution is -0.435. The molecule has 1 N–H and O–H groups in total. The topological polar surface area (TPSA) is 74.2 Å². The molecule has 3 rings (SSSR count). The smallest absolute Gasteiger partial charge is 0.333 e. The Hall–Kier alpha value is -1.11. The van der Waals surface area contributed by atoms with Gasteiger partial charge in [-0.05, 0) is 32.1 Å². The first-order chi connectivity index (χ1) is 11.9. The number of hydrogen-bond acceptors (Lipinski definition) is 6. The molecule has 6 nitrogen and oxygen atoms in total. The fraction of sp³-hybridized carbons (Fsp3) is 0.842. The predicted octanol–water partition coefficient (Wildman–Crippen LogP) is 2.74. The lowest BCUT2D eigenvalue weighted by atomic mass is 9.68. The molecule has 0 unspecified atom stereocenters. The van der Waals surface area contributed by atoms with Crippen LogP contribution < -0.4 is 0 Å². The van der Waals surface area contributed by atoms with Gasteiger partial charge < -0.3 is 14.6 Å². The van der Waals surface area contributed by atoms with E-state index in [4.69, 9.17) is 19.2 Å². The van der Waals surface area contributed by atoms with Crippen LogP contribution in [0.15, 0.2) is 11.8 Å². The first-order valence-electron chi connectivity index (χ1n) is 9.40. The fourth-order valence-electron chi connectivity index (χ4n) is 5.41. The molecule has 0 aromatic rings. The minimum absolute atomic E-state index is 0.0456. The van der Waals surface area contributed by atoms with E-state index in [0.29, 0.717) is 18.1 Å². The molecule has 2 heterocycles. The molecule has 0 aromatic carbocycles. The van der Waals surface area contributed by atoms with Gasteiger partial charge in [-0.3, -0.25) is 0 Å². The maximum Gasteiger partial charge on any atom is 0.333 e. The van der Waals surface area contributed by atoms with E-state index in [-0.39, 0.29) is 17.9 Å². The molecule has 0 radical (unpaired) electrons. The van der Waals surface area contributed by atoms with Crippen molar-refractivity contribution in [3.63, 3.8) is 0 Å². The molecular weight excluding hydrogens is 324 g/mol. The van der Waals surface area contributed by atoms with Crippen LogP contribution >= 0.6 is 0 Å². The van der Waals surface area contributed by atoms with E-state index < -0.39 is 23.3 Å². The van der Waals surface area contributed by atoms with Gasteiger partial charge in [0.25, 0.3) is 0 Å². The van der Waals surface area contributed by atoms with Crippen molar-refractivity contribution in [3.05, 3.63) is 11.8 Å². The van der Waals surface area contributed by atoms with Gasteiger partial charge in [-0.2, -0.15) is 0 Å². The number of esters is 1. The Morgan fingerprint density at radius 2 is 2.12 bits per heavy atom. The molecular formula is C19H30O6. The van der Waals surface area contributed by atoms with Gasteiger partial charge in [0, 0.05) is 11.8 Å². The minimum atomic E-state index is -0.801. The Morgan fingerprint density at radius 1 is 1.40 bits per heavy atom. The number of aliphatic hydroxyl groups excluding tert-OH is 1. The van der Waals surface area contributed by atoms with Crippen molar-refractivity contribution in [1.82, 2.24) is 0 Å². The summed E-state index contributed by atoms with van der Waals surface area (Å²) in [6.07, 6.45) is 3.70. The monoisotopic (exact) mass is 354 g/mol. The van der Waals surface area contributed by atoms with Crippen LogP contribution in [0.25, 0.3) is 0 Å². The van der Waals surface area contributed by atoms with Crippen LogP contribution in [0.5, 0.6) is 0 Å². The Morgan fingerprint density at radius 3 is 2.64 bits per heavy atom. The fourth-order valence-corrected chi connectivity index (χ4v) is 5.41. The second-order valence-electron chi connectivity index (χ2n) is 7.61. The Balaban J connectivity index is 2.12. The van der Waals surface area contributed by atoms with Crippen LogP contribution in [0, 0.1) is 17.8 Å². The molecule has 0 bridgehead atoms. The van der Waals surface area contributed by atoms with E-state index in [1.54, 1.807) is 6.92 Å². The zero-order chi connectivity index (χ0) is 18.4. The highest BCUT2D eigenvalue weighted by Crippen LogP contribution is 2.66. The average Bonchev–Trinajstić information content (AvgIpc) is 3.09. The highest BCUT2D eigenvalue weighted by molar-refractivity contribution is 5.82. The molecule has 1 saturated carbocycles. The molecule has 6 heteroatoms. The molecule has 0 aromatic heterocycles. The van der Waals surface area contributed by atoms with Gasteiger partial charge in [-0.1, -0.05) is 27.2 Å². The summed E-state index contributed by atoms with van der Waals surface area (Å²) in [5.41, 5.74) is -1.19. The standard InChI is InChI=1S/C19H30O6/c1-6-12-10-18(7-2)17-15(12)16(11(4)20)24-25-19(17,8-3)13(23-18)9-14(21)22-5/h9,11-12,15-17,20H,6-8,10H2,1-5H3/t11-,12-,15-,16-,17+,18-,19-/m1/s1. The van der Waals surface area contributed by atoms with Gasteiger partial charge in [0.2, 0.25) is 0 Å². The highest BCUT2D eigenvalue weighted by Gasteiger charge is 2.73. The maximum atomic E-state index is 11.9. The molecule has 2 saturated heterocycles. The third kappa shape index (κ3) is 2.53. The van der Waals surface area contributed by atoms with Crippen molar-refractivity contribution in [2.24, 2.45) is 17.8 Å². The maximum absolute atomic E-state index is 11.9. The lowest BCUT2D eigenvalue weighted by Crippen LogP contribution is -2.56. The van der Waals surface area contributed by atoms with E-state index >= 15 is 0 Å². The van der Waals surface area contributed by atoms with E-state index in [2.05, 4.69) is 13.8 Å². The number of carbonyl (C=O) groups is 1. The molecule has 1 aliphatic carbocycles. The number of rotatable bonds is 5. The summed E-state index contributed by atoms with van der Waals surface area (Å²) < 4.78 is 11.2. The third-order valence-corrected chi connectivity index (χ3v) is 6.60. The molecule has 142 valence electrons. The molecule has 3 aliphatic rings. The van der Waals surface area contributed by atoms with Gasteiger partial charge >= 0.3 is 5.97 Å². The van der Waals surface area contributed by atoms with Crippen molar-refractivity contribution in [1.29, 1.82) is 0 Å².